The summed E-state index contributed by atoms with van der Waals surface area (Å²) < 4.78 is 15.0. The Kier molecular flexibility index (Phi) is 3.69. The van der Waals surface area contributed by atoms with E-state index in [9.17, 15) is 4.39 Å². The van der Waals surface area contributed by atoms with E-state index >= 15 is 0 Å². The fourth-order valence-electron chi connectivity index (χ4n) is 2.56. The zero-order chi connectivity index (χ0) is 13.9. The Hall–Kier alpha value is -1.88. The minimum absolute atomic E-state index is 0.179. The number of imidazole rings is 1. The van der Waals surface area contributed by atoms with E-state index < -0.39 is 0 Å². The molecule has 20 heavy (non-hydrogen) atoms. The van der Waals surface area contributed by atoms with Crippen molar-refractivity contribution in [1.29, 1.82) is 0 Å². The van der Waals surface area contributed by atoms with Gasteiger partial charge in [0.25, 0.3) is 0 Å². The third-order valence-electron chi connectivity index (χ3n) is 3.85. The van der Waals surface area contributed by atoms with Crippen LogP contribution in [0.15, 0.2) is 36.7 Å². The molecule has 106 valence electrons. The van der Waals surface area contributed by atoms with Crippen LogP contribution in [0.25, 0.3) is 0 Å². The molecule has 1 aliphatic heterocycles. The second-order valence-electron chi connectivity index (χ2n) is 5.19. The lowest BCUT2D eigenvalue weighted by Crippen LogP contribution is -2.46. The molecule has 2 aromatic rings. The Bertz CT molecular complexity index is 556. The predicted octanol–water partition coefficient (Wildman–Crippen LogP) is 1.88. The summed E-state index contributed by atoms with van der Waals surface area (Å²) in [7, 11) is 2.02. The first kappa shape index (κ1) is 13.1. The van der Waals surface area contributed by atoms with Gasteiger partial charge in [0.15, 0.2) is 0 Å². The highest BCUT2D eigenvalue weighted by Gasteiger charge is 2.18. The molecule has 0 N–H and O–H groups in total. The number of hydrogen-bond acceptors (Lipinski definition) is 3. The van der Waals surface area contributed by atoms with E-state index in [0.29, 0.717) is 0 Å². The molecule has 5 heteroatoms. The maximum Gasteiger partial charge on any atom is 0.123 e. The molecule has 0 saturated carbocycles. The van der Waals surface area contributed by atoms with Crippen LogP contribution < -0.4 is 4.90 Å². The summed E-state index contributed by atoms with van der Waals surface area (Å²) in [6.07, 6.45) is 3.81. The van der Waals surface area contributed by atoms with Crippen LogP contribution in [0.2, 0.25) is 0 Å². The Balaban J connectivity index is 1.57. The fourth-order valence-corrected chi connectivity index (χ4v) is 2.56. The Morgan fingerprint density at radius 1 is 1.10 bits per heavy atom. The zero-order valence-electron chi connectivity index (χ0n) is 11.7. The number of benzene rings is 1. The zero-order valence-corrected chi connectivity index (χ0v) is 11.7. The smallest absolute Gasteiger partial charge is 0.123 e. The molecule has 1 fully saturated rings. The molecule has 0 atom stereocenters. The summed E-state index contributed by atoms with van der Waals surface area (Å²) in [5.41, 5.74) is 1.10. The molecule has 0 amide bonds. The molecule has 1 aromatic carbocycles. The first-order valence-corrected chi connectivity index (χ1v) is 6.91. The van der Waals surface area contributed by atoms with Crippen molar-refractivity contribution in [3.05, 3.63) is 48.3 Å². The Morgan fingerprint density at radius 3 is 2.40 bits per heavy atom. The second-order valence-corrected chi connectivity index (χ2v) is 5.19. The van der Waals surface area contributed by atoms with Gasteiger partial charge in [-0.1, -0.05) is 0 Å². The number of hydrogen-bond donors (Lipinski definition) is 0. The highest BCUT2D eigenvalue weighted by atomic mass is 19.1. The van der Waals surface area contributed by atoms with Gasteiger partial charge in [0.05, 0.1) is 6.54 Å². The Morgan fingerprint density at radius 2 is 1.80 bits per heavy atom. The topological polar surface area (TPSA) is 24.3 Å². The van der Waals surface area contributed by atoms with Crippen molar-refractivity contribution in [2.75, 3.05) is 31.1 Å². The number of piperazine rings is 1. The highest BCUT2D eigenvalue weighted by molar-refractivity contribution is 5.46. The Labute approximate surface area is 118 Å². The number of halogens is 1. The van der Waals surface area contributed by atoms with Gasteiger partial charge >= 0.3 is 0 Å². The van der Waals surface area contributed by atoms with Crippen molar-refractivity contribution in [1.82, 2.24) is 14.5 Å². The van der Waals surface area contributed by atoms with Crippen LogP contribution in [-0.2, 0) is 13.6 Å². The number of aryl methyl sites for hydroxylation is 1. The number of rotatable bonds is 3. The van der Waals surface area contributed by atoms with Crippen LogP contribution >= 0.6 is 0 Å². The molecule has 1 aliphatic rings. The monoisotopic (exact) mass is 274 g/mol. The summed E-state index contributed by atoms with van der Waals surface area (Å²) >= 11 is 0. The van der Waals surface area contributed by atoms with Gasteiger partial charge in [0.1, 0.15) is 11.6 Å². The standard InChI is InChI=1S/C15H19FN4/c1-18-7-6-17-15(18)12-19-8-10-20(11-9-19)14-4-2-13(16)3-5-14/h2-7H,8-12H2,1H3. The van der Waals surface area contributed by atoms with E-state index in [2.05, 4.69) is 19.4 Å². The molecule has 0 spiro atoms. The van der Waals surface area contributed by atoms with E-state index in [1.54, 1.807) is 0 Å². The average molecular weight is 274 g/mol. The molecule has 1 saturated heterocycles. The van der Waals surface area contributed by atoms with Crippen LogP contribution in [0, 0.1) is 5.82 Å². The number of nitrogens with zero attached hydrogens (tertiary/aromatic N) is 4. The van der Waals surface area contributed by atoms with Crippen molar-refractivity contribution in [3.63, 3.8) is 0 Å². The van der Waals surface area contributed by atoms with Gasteiger partial charge in [0, 0.05) is 51.3 Å². The fraction of sp³-hybridized carbons (Fsp3) is 0.400. The van der Waals surface area contributed by atoms with Crippen molar-refractivity contribution in [2.24, 2.45) is 7.05 Å². The maximum atomic E-state index is 12.9. The minimum atomic E-state index is -0.179. The van der Waals surface area contributed by atoms with Gasteiger partial charge in [0.2, 0.25) is 0 Å². The molecule has 0 bridgehead atoms. The lowest BCUT2D eigenvalue weighted by Gasteiger charge is -2.35. The van der Waals surface area contributed by atoms with Crippen LogP contribution in [0.1, 0.15) is 5.82 Å². The second kappa shape index (κ2) is 5.63. The van der Waals surface area contributed by atoms with Crippen molar-refractivity contribution >= 4 is 5.69 Å². The molecule has 4 nitrogen and oxygen atoms in total. The molecular formula is C15H19FN4. The molecule has 1 aromatic heterocycles. The van der Waals surface area contributed by atoms with E-state index in [0.717, 1.165) is 44.2 Å². The summed E-state index contributed by atoms with van der Waals surface area (Å²) in [5, 5.41) is 0. The molecule has 3 rings (SSSR count). The van der Waals surface area contributed by atoms with Gasteiger partial charge in [-0.05, 0) is 24.3 Å². The number of aromatic nitrogens is 2. The van der Waals surface area contributed by atoms with Gasteiger partial charge < -0.3 is 9.47 Å². The third-order valence-corrected chi connectivity index (χ3v) is 3.85. The van der Waals surface area contributed by atoms with Gasteiger partial charge in [-0.15, -0.1) is 0 Å². The van der Waals surface area contributed by atoms with Crippen LogP contribution in [-0.4, -0.2) is 40.6 Å². The molecule has 2 heterocycles. The lowest BCUT2D eigenvalue weighted by molar-refractivity contribution is 0.242. The normalized spacial score (nSPS) is 16.6. The average Bonchev–Trinajstić information content (AvgIpc) is 2.86. The quantitative estimate of drug-likeness (QED) is 0.854. The largest absolute Gasteiger partial charge is 0.369 e. The SMILES string of the molecule is Cn1ccnc1CN1CCN(c2ccc(F)cc2)CC1. The summed E-state index contributed by atoms with van der Waals surface area (Å²) in [6, 6.07) is 6.75. The van der Waals surface area contributed by atoms with Crippen molar-refractivity contribution in [2.45, 2.75) is 6.54 Å². The first-order valence-electron chi connectivity index (χ1n) is 6.91. The van der Waals surface area contributed by atoms with E-state index in [1.165, 1.54) is 12.1 Å². The molecule has 0 unspecified atom stereocenters. The van der Waals surface area contributed by atoms with Gasteiger partial charge in [-0.25, -0.2) is 9.37 Å². The van der Waals surface area contributed by atoms with Crippen LogP contribution in [0.3, 0.4) is 0 Å². The maximum absolute atomic E-state index is 12.9. The van der Waals surface area contributed by atoms with E-state index in [1.807, 2.05) is 31.6 Å². The summed E-state index contributed by atoms with van der Waals surface area (Å²) in [5.74, 6) is 0.919. The lowest BCUT2D eigenvalue weighted by atomic mass is 10.2. The highest BCUT2D eigenvalue weighted by Crippen LogP contribution is 2.17. The summed E-state index contributed by atoms with van der Waals surface area (Å²) in [6.45, 7) is 4.83. The third kappa shape index (κ3) is 2.82. The first-order chi connectivity index (χ1) is 9.72. The molecule has 0 radical (unpaired) electrons. The predicted molar refractivity (Wildman–Crippen MR) is 77.1 cm³/mol. The van der Waals surface area contributed by atoms with Crippen LogP contribution in [0.4, 0.5) is 10.1 Å². The number of anilines is 1. The van der Waals surface area contributed by atoms with Gasteiger partial charge in [-0.3, -0.25) is 4.90 Å². The van der Waals surface area contributed by atoms with Crippen LogP contribution in [0.5, 0.6) is 0 Å². The van der Waals surface area contributed by atoms with E-state index in [-0.39, 0.29) is 5.82 Å². The molecular weight excluding hydrogens is 255 g/mol. The summed E-state index contributed by atoms with van der Waals surface area (Å²) in [4.78, 5) is 9.07. The van der Waals surface area contributed by atoms with Crippen molar-refractivity contribution < 1.29 is 4.39 Å². The van der Waals surface area contributed by atoms with E-state index in [4.69, 9.17) is 0 Å². The molecule has 0 aliphatic carbocycles. The van der Waals surface area contributed by atoms with Gasteiger partial charge in [-0.2, -0.15) is 0 Å². The van der Waals surface area contributed by atoms with Crippen molar-refractivity contribution in [3.8, 4) is 0 Å². The minimum Gasteiger partial charge on any atom is -0.369 e.